The molecule has 0 bridgehead atoms. The van der Waals surface area contributed by atoms with Crippen molar-refractivity contribution in [1.29, 1.82) is 0 Å². The molecular weight excluding hydrogens is 352 g/mol. The van der Waals surface area contributed by atoms with Gasteiger partial charge in [0, 0.05) is 12.7 Å². The van der Waals surface area contributed by atoms with Gasteiger partial charge >= 0.3 is 6.03 Å². The number of rotatable bonds is 3. The Hall–Kier alpha value is -2.83. The van der Waals surface area contributed by atoms with Crippen molar-refractivity contribution >= 4 is 29.0 Å². The number of aromatic nitrogens is 2. The zero-order valence-electron chi connectivity index (χ0n) is 14.1. The van der Waals surface area contributed by atoms with E-state index in [1.165, 1.54) is 4.90 Å². The van der Waals surface area contributed by atoms with Crippen molar-refractivity contribution in [3.8, 4) is 11.8 Å². The van der Waals surface area contributed by atoms with Crippen LogP contribution in [0.2, 0.25) is 0 Å². The minimum atomic E-state index is -0.603. The van der Waals surface area contributed by atoms with Crippen LogP contribution in [-0.4, -0.2) is 41.3 Å². The Labute approximate surface area is 154 Å². The summed E-state index contributed by atoms with van der Waals surface area (Å²) in [6, 6.07) is 0.971. The quantitative estimate of drug-likeness (QED) is 0.599. The summed E-state index contributed by atoms with van der Waals surface area (Å²) in [6.07, 6.45) is 6.09. The van der Waals surface area contributed by atoms with Crippen LogP contribution in [0.25, 0.3) is 0 Å². The average molecular weight is 372 g/mol. The van der Waals surface area contributed by atoms with Crippen LogP contribution in [0.3, 0.4) is 0 Å². The van der Waals surface area contributed by atoms with Gasteiger partial charge in [0.2, 0.25) is 0 Å². The summed E-state index contributed by atoms with van der Waals surface area (Å²) in [5.74, 6) is 5.32. The predicted octanol–water partition coefficient (Wildman–Crippen LogP) is 0.997. The van der Waals surface area contributed by atoms with E-state index in [4.69, 9.17) is 11.5 Å². The molecule has 6 N–H and O–H groups in total. The van der Waals surface area contributed by atoms with Gasteiger partial charge in [0.1, 0.15) is 4.88 Å². The van der Waals surface area contributed by atoms with Crippen molar-refractivity contribution in [1.82, 2.24) is 15.5 Å². The second kappa shape index (κ2) is 8.03. The highest BCUT2D eigenvalue weighted by molar-refractivity contribution is 7.15. The maximum Gasteiger partial charge on any atom is 0.319 e. The number of hydrogen-bond acceptors (Lipinski definition) is 5. The topological polar surface area (TPSA) is 130 Å². The number of H-pyrrole nitrogens is 1. The van der Waals surface area contributed by atoms with Crippen molar-refractivity contribution in [2.45, 2.75) is 25.3 Å². The highest BCUT2D eigenvalue weighted by Crippen LogP contribution is 2.32. The Bertz CT molecular complexity index is 840. The van der Waals surface area contributed by atoms with Crippen LogP contribution >= 0.6 is 11.3 Å². The van der Waals surface area contributed by atoms with E-state index < -0.39 is 11.9 Å². The molecule has 9 heteroatoms. The van der Waals surface area contributed by atoms with Crippen LogP contribution in [0.15, 0.2) is 18.5 Å². The fourth-order valence-electron chi connectivity index (χ4n) is 2.97. The van der Waals surface area contributed by atoms with Gasteiger partial charge in [-0.15, -0.1) is 11.3 Å². The van der Waals surface area contributed by atoms with Crippen LogP contribution in [-0.2, 0) is 0 Å². The number of nitrogens with zero attached hydrogens (tertiary/aromatic N) is 2. The molecule has 3 heterocycles. The lowest BCUT2D eigenvalue weighted by Gasteiger charge is -2.29. The number of amides is 3. The molecule has 3 rings (SSSR count). The lowest BCUT2D eigenvalue weighted by atomic mass is 10.1. The minimum absolute atomic E-state index is 0.127. The molecule has 136 valence electrons. The SMILES string of the molecule is NC(=O)c1sc(C#Cc2cn[nH]c2)cc1N(C(N)=O)[C@H]1CCCCNC1. The molecule has 0 spiro atoms. The normalized spacial score (nSPS) is 17.0. The Morgan fingerprint density at radius 3 is 2.85 bits per heavy atom. The van der Waals surface area contributed by atoms with Gasteiger partial charge in [-0.3, -0.25) is 14.8 Å². The number of carbonyl (C=O) groups excluding carboxylic acids is 2. The first-order valence-corrected chi connectivity index (χ1v) is 9.11. The minimum Gasteiger partial charge on any atom is -0.365 e. The van der Waals surface area contributed by atoms with E-state index in [1.807, 2.05) is 0 Å². The summed E-state index contributed by atoms with van der Waals surface area (Å²) < 4.78 is 0. The van der Waals surface area contributed by atoms with E-state index in [9.17, 15) is 9.59 Å². The second-order valence-corrected chi connectivity index (χ2v) is 7.04. The number of urea groups is 1. The maximum absolute atomic E-state index is 12.2. The van der Waals surface area contributed by atoms with Crippen LogP contribution < -0.4 is 21.7 Å². The van der Waals surface area contributed by atoms with Gasteiger partial charge in [0.25, 0.3) is 5.91 Å². The Morgan fingerprint density at radius 2 is 2.15 bits per heavy atom. The van der Waals surface area contributed by atoms with Crippen LogP contribution in [0, 0.1) is 11.8 Å². The van der Waals surface area contributed by atoms with Crippen LogP contribution in [0.5, 0.6) is 0 Å². The number of nitrogens with one attached hydrogen (secondary N) is 2. The smallest absolute Gasteiger partial charge is 0.319 e. The summed E-state index contributed by atoms with van der Waals surface area (Å²) >= 11 is 1.16. The third kappa shape index (κ3) is 4.04. The number of hydrogen-bond donors (Lipinski definition) is 4. The highest BCUT2D eigenvalue weighted by Gasteiger charge is 2.29. The van der Waals surface area contributed by atoms with Crippen molar-refractivity contribution in [3.05, 3.63) is 33.8 Å². The molecule has 1 aliphatic rings. The molecule has 1 aliphatic heterocycles. The summed E-state index contributed by atoms with van der Waals surface area (Å²) in [4.78, 5) is 26.5. The lowest BCUT2D eigenvalue weighted by Crippen LogP contribution is -2.48. The van der Waals surface area contributed by atoms with Crippen molar-refractivity contribution < 1.29 is 9.59 Å². The maximum atomic E-state index is 12.2. The average Bonchev–Trinajstić information content (AvgIpc) is 3.18. The number of primary amides is 2. The third-order valence-electron chi connectivity index (χ3n) is 4.15. The Kier molecular flexibility index (Phi) is 5.55. The van der Waals surface area contributed by atoms with Gasteiger partial charge in [-0.1, -0.05) is 18.3 Å². The van der Waals surface area contributed by atoms with E-state index in [0.29, 0.717) is 17.1 Å². The monoisotopic (exact) mass is 372 g/mol. The van der Waals surface area contributed by atoms with E-state index in [-0.39, 0.29) is 10.9 Å². The van der Waals surface area contributed by atoms with Gasteiger partial charge in [0.15, 0.2) is 0 Å². The summed E-state index contributed by atoms with van der Waals surface area (Å²) in [7, 11) is 0. The van der Waals surface area contributed by atoms with E-state index in [2.05, 4.69) is 27.4 Å². The molecule has 8 nitrogen and oxygen atoms in total. The number of anilines is 1. The molecule has 0 aromatic carbocycles. The zero-order chi connectivity index (χ0) is 18.5. The third-order valence-corrected chi connectivity index (χ3v) is 5.20. The Morgan fingerprint density at radius 1 is 1.31 bits per heavy atom. The summed E-state index contributed by atoms with van der Waals surface area (Å²) in [5.41, 5.74) is 12.3. The molecule has 1 saturated heterocycles. The zero-order valence-corrected chi connectivity index (χ0v) is 14.9. The van der Waals surface area contributed by atoms with Crippen molar-refractivity contribution in [3.63, 3.8) is 0 Å². The van der Waals surface area contributed by atoms with Gasteiger partial charge < -0.3 is 16.8 Å². The van der Waals surface area contributed by atoms with Crippen LogP contribution in [0.4, 0.5) is 10.5 Å². The van der Waals surface area contributed by atoms with E-state index >= 15 is 0 Å². The molecule has 0 saturated carbocycles. The molecule has 3 amide bonds. The second-order valence-electron chi connectivity index (χ2n) is 5.99. The fourth-order valence-corrected chi connectivity index (χ4v) is 3.82. The largest absolute Gasteiger partial charge is 0.365 e. The van der Waals surface area contributed by atoms with Crippen molar-refractivity contribution in [2.75, 3.05) is 18.0 Å². The van der Waals surface area contributed by atoms with Crippen molar-refractivity contribution in [2.24, 2.45) is 11.5 Å². The van der Waals surface area contributed by atoms with Crippen LogP contribution in [0.1, 0.15) is 39.4 Å². The molecule has 2 aromatic rings. The first kappa shape index (κ1) is 18.0. The number of nitrogens with two attached hydrogens (primary N) is 2. The number of thiophene rings is 1. The first-order chi connectivity index (χ1) is 12.6. The van der Waals surface area contributed by atoms with E-state index in [0.717, 1.165) is 42.7 Å². The fraction of sp³-hybridized carbons (Fsp3) is 0.353. The van der Waals surface area contributed by atoms with Gasteiger partial charge in [-0.2, -0.15) is 5.10 Å². The number of aromatic amines is 1. The summed E-state index contributed by atoms with van der Waals surface area (Å²) in [5, 5.41) is 9.82. The highest BCUT2D eigenvalue weighted by atomic mass is 32.1. The molecule has 0 unspecified atom stereocenters. The Balaban J connectivity index is 1.97. The lowest BCUT2D eigenvalue weighted by molar-refractivity contribution is 0.100. The molecule has 2 aromatic heterocycles. The first-order valence-electron chi connectivity index (χ1n) is 8.30. The number of carbonyl (C=O) groups is 2. The molecule has 26 heavy (non-hydrogen) atoms. The standard InChI is InChI=1S/C17H20N6O2S/c18-16(24)15-14(7-13(26-15)5-4-11-8-21-22-9-11)23(17(19)25)12-3-1-2-6-20-10-12/h7-9,12,20H,1-3,6,10H2,(H2,18,24)(H2,19,25)(H,21,22)/t12-/m0/s1. The van der Waals surface area contributed by atoms with Gasteiger partial charge in [-0.25, -0.2) is 4.79 Å². The molecular formula is C17H20N6O2S. The predicted molar refractivity (Wildman–Crippen MR) is 100.0 cm³/mol. The summed E-state index contributed by atoms with van der Waals surface area (Å²) in [6.45, 7) is 1.52. The van der Waals surface area contributed by atoms with Gasteiger partial charge in [-0.05, 0) is 25.5 Å². The molecule has 1 fully saturated rings. The van der Waals surface area contributed by atoms with Gasteiger partial charge in [0.05, 0.1) is 28.4 Å². The molecule has 1 atom stereocenters. The van der Waals surface area contributed by atoms with E-state index in [1.54, 1.807) is 18.5 Å². The molecule has 0 aliphatic carbocycles. The molecule has 0 radical (unpaired) electrons.